The van der Waals surface area contributed by atoms with Crippen molar-refractivity contribution in [1.29, 1.82) is 0 Å². The number of nitrogens with zero attached hydrogens (tertiary/aromatic N) is 1. The zero-order chi connectivity index (χ0) is 8.81. The lowest BCUT2D eigenvalue weighted by Gasteiger charge is -2.28. The zero-order valence-electron chi connectivity index (χ0n) is 7.66. The molecule has 0 aromatic heterocycles. The lowest BCUT2D eigenvalue weighted by molar-refractivity contribution is -0.192. The van der Waals surface area contributed by atoms with Crippen LogP contribution >= 0.6 is 0 Å². The van der Waals surface area contributed by atoms with Crippen molar-refractivity contribution in [2.24, 2.45) is 0 Å². The first-order chi connectivity index (χ1) is 5.86. The maximum atomic E-state index is 5.34. The van der Waals surface area contributed by atoms with E-state index >= 15 is 0 Å². The molecule has 0 spiro atoms. The van der Waals surface area contributed by atoms with Crippen LogP contribution in [0.2, 0.25) is 0 Å². The number of morpholine rings is 1. The fourth-order valence-corrected chi connectivity index (χ4v) is 1.08. The predicted molar refractivity (Wildman–Crippen MR) is 43.8 cm³/mol. The van der Waals surface area contributed by atoms with Crippen LogP contribution in [0.5, 0.6) is 0 Å². The molecule has 4 heteroatoms. The topological polar surface area (TPSA) is 41.8 Å². The molecule has 1 aliphatic rings. The quantitative estimate of drug-likeness (QED) is 0.617. The van der Waals surface area contributed by atoms with Gasteiger partial charge in [-0.2, -0.15) is 0 Å². The molecule has 71 valence electrons. The molecule has 0 amide bonds. The molecule has 2 unspecified atom stereocenters. The van der Waals surface area contributed by atoms with Crippen molar-refractivity contribution in [3.05, 3.63) is 0 Å². The standard InChI is InChI=1S/C8H16NO3/c1-3-10-7-6-12-8(5-9-7)11-4-2/h7-8H,3-6H2,1-2H3. The van der Waals surface area contributed by atoms with E-state index in [-0.39, 0.29) is 12.5 Å². The average molecular weight is 174 g/mol. The third kappa shape index (κ3) is 3.06. The van der Waals surface area contributed by atoms with Gasteiger partial charge in [0.15, 0.2) is 6.29 Å². The Morgan fingerprint density at radius 2 is 2.08 bits per heavy atom. The van der Waals surface area contributed by atoms with Crippen LogP contribution in [0.25, 0.3) is 0 Å². The van der Waals surface area contributed by atoms with Crippen LogP contribution in [0, 0.1) is 0 Å². The molecule has 2 atom stereocenters. The van der Waals surface area contributed by atoms with Crippen molar-refractivity contribution < 1.29 is 14.2 Å². The highest BCUT2D eigenvalue weighted by atomic mass is 16.7. The second-order valence-electron chi connectivity index (χ2n) is 2.49. The fraction of sp³-hybridized carbons (Fsp3) is 1.00. The number of rotatable bonds is 4. The molecule has 1 aliphatic heterocycles. The minimum absolute atomic E-state index is 0.0910. The Hall–Kier alpha value is -0.160. The maximum Gasteiger partial charge on any atom is 0.171 e. The molecule has 0 N–H and O–H groups in total. The van der Waals surface area contributed by atoms with Gasteiger partial charge in [0.25, 0.3) is 0 Å². The monoisotopic (exact) mass is 174 g/mol. The molecule has 1 fully saturated rings. The van der Waals surface area contributed by atoms with Gasteiger partial charge in [0.1, 0.15) is 6.23 Å². The van der Waals surface area contributed by atoms with Gasteiger partial charge < -0.3 is 14.2 Å². The number of hydrogen-bond acceptors (Lipinski definition) is 3. The van der Waals surface area contributed by atoms with Crippen LogP contribution < -0.4 is 5.32 Å². The summed E-state index contributed by atoms with van der Waals surface area (Å²) in [6, 6.07) is 0. The van der Waals surface area contributed by atoms with Crippen LogP contribution in [-0.2, 0) is 14.2 Å². The van der Waals surface area contributed by atoms with Gasteiger partial charge in [-0.15, -0.1) is 0 Å². The van der Waals surface area contributed by atoms with Gasteiger partial charge >= 0.3 is 0 Å². The lowest BCUT2D eigenvalue weighted by atomic mass is 10.4. The summed E-state index contributed by atoms with van der Waals surface area (Å²) in [6.45, 7) is 6.33. The number of hydrogen-bond donors (Lipinski definition) is 0. The van der Waals surface area contributed by atoms with Gasteiger partial charge in [0.2, 0.25) is 0 Å². The van der Waals surface area contributed by atoms with Crippen LogP contribution in [0.3, 0.4) is 0 Å². The molecule has 1 heterocycles. The molecule has 0 aromatic carbocycles. The van der Waals surface area contributed by atoms with Crippen molar-refractivity contribution in [1.82, 2.24) is 5.32 Å². The van der Waals surface area contributed by atoms with Crippen molar-refractivity contribution in [2.45, 2.75) is 26.4 Å². The second kappa shape index (κ2) is 5.48. The fourth-order valence-electron chi connectivity index (χ4n) is 1.08. The molecular weight excluding hydrogens is 158 g/mol. The van der Waals surface area contributed by atoms with E-state index in [1.807, 2.05) is 13.8 Å². The first-order valence-electron chi connectivity index (χ1n) is 4.38. The summed E-state index contributed by atoms with van der Waals surface area (Å²) < 4.78 is 15.8. The number of ether oxygens (including phenoxy) is 3. The summed E-state index contributed by atoms with van der Waals surface area (Å²) >= 11 is 0. The van der Waals surface area contributed by atoms with Gasteiger partial charge in [-0.1, -0.05) is 0 Å². The van der Waals surface area contributed by atoms with Crippen molar-refractivity contribution >= 4 is 0 Å². The first-order valence-corrected chi connectivity index (χ1v) is 4.38. The van der Waals surface area contributed by atoms with E-state index in [0.29, 0.717) is 26.4 Å². The Labute approximate surface area is 73.2 Å². The van der Waals surface area contributed by atoms with Crippen molar-refractivity contribution in [3.8, 4) is 0 Å². The third-order valence-electron chi connectivity index (χ3n) is 1.59. The van der Waals surface area contributed by atoms with Crippen LogP contribution in [0.1, 0.15) is 13.8 Å². The van der Waals surface area contributed by atoms with E-state index in [4.69, 9.17) is 14.2 Å². The SMILES string of the molecule is CCOC1COC(OCC)C[N]1. The van der Waals surface area contributed by atoms with E-state index < -0.39 is 0 Å². The summed E-state index contributed by atoms with van der Waals surface area (Å²) in [4.78, 5) is 0. The molecule has 1 rings (SSSR count). The average Bonchev–Trinajstić information content (AvgIpc) is 2.09. The Morgan fingerprint density at radius 1 is 1.33 bits per heavy atom. The Balaban J connectivity index is 2.11. The van der Waals surface area contributed by atoms with Crippen LogP contribution in [-0.4, -0.2) is 38.9 Å². The molecular formula is C8H16NO3. The van der Waals surface area contributed by atoms with Gasteiger partial charge in [0.05, 0.1) is 13.2 Å². The Kier molecular flexibility index (Phi) is 4.53. The smallest absolute Gasteiger partial charge is 0.171 e. The van der Waals surface area contributed by atoms with Gasteiger partial charge in [0, 0.05) is 13.2 Å². The highest BCUT2D eigenvalue weighted by molar-refractivity contribution is 4.63. The molecule has 1 saturated heterocycles. The minimum atomic E-state index is -0.160. The molecule has 0 bridgehead atoms. The van der Waals surface area contributed by atoms with E-state index in [1.54, 1.807) is 0 Å². The van der Waals surface area contributed by atoms with Crippen molar-refractivity contribution in [2.75, 3.05) is 26.4 Å². The minimum Gasteiger partial charge on any atom is -0.360 e. The van der Waals surface area contributed by atoms with Crippen molar-refractivity contribution in [3.63, 3.8) is 0 Å². The predicted octanol–water partition coefficient (Wildman–Crippen LogP) is 0.346. The molecule has 4 nitrogen and oxygen atoms in total. The van der Waals surface area contributed by atoms with E-state index in [1.165, 1.54) is 0 Å². The molecule has 1 radical (unpaired) electrons. The van der Waals surface area contributed by atoms with Gasteiger partial charge in [-0.25, -0.2) is 5.32 Å². The normalized spacial score (nSPS) is 30.5. The summed E-state index contributed by atoms with van der Waals surface area (Å²) in [5, 5.41) is 4.25. The molecule has 12 heavy (non-hydrogen) atoms. The van der Waals surface area contributed by atoms with Gasteiger partial charge in [-0.3, -0.25) is 0 Å². The second-order valence-corrected chi connectivity index (χ2v) is 2.49. The summed E-state index contributed by atoms with van der Waals surface area (Å²) in [5.41, 5.74) is 0. The molecule has 0 saturated carbocycles. The zero-order valence-corrected chi connectivity index (χ0v) is 7.66. The highest BCUT2D eigenvalue weighted by Crippen LogP contribution is 2.04. The van der Waals surface area contributed by atoms with E-state index in [9.17, 15) is 0 Å². The highest BCUT2D eigenvalue weighted by Gasteiger charge is 2.21. The summed E-state index contributed by atoms with van der Waals surface area (Å²) in [6.07, 6.45) is -0.251. The van der Waals surface area contributed by atoms with Crippen LogP contribution in [0.15, 0.2) is 0 Å². The molecule has 0 aromatic rings. The third-order valence-corrected chi connectivity index (χ3v) is 1.59. The van der Waals surface area contributed by atoms with E-state index in [2.05, 4.69) is 5.32 Å². The largest absolute Gasteiger partial charge is 0.360 e. The first kappa shape index (κ1) is 9.92. The Morgan fingerprint density at radius 3 is 2.58 bits per heavy atom. The summed E-state index contributed by atoms with van der Waals surface area (Å²) in [7, 11) is 0. The van der Waals surface area contributed by atoms with E-state index in [0.717, 1.165) is 0 Å². The Bertz CT molecular complexity index is 98.9. The van der Waals surface area contributed by atoms with Gasteiger partial charge in [-0.05, 0) is 13.8 Å². The maximum absolute atomic E-state index is 5.34. The summed E-state index contributed by atoms with van der Waals surface area (Å²) in [5.74, 6) is 0. The lowest BCUT2D eigenvalue weighted by Crippen LogP contribution is -2.44. The molecule has 0 aliphatic carbocycles. The van der Waals surface area contributed by atoms with Crippen LogP contribution in [0.4, 0.5) is 0 Å².